The lowest BCUT2D eigenvalue weighted by Crippen LogP contribution is -2.58. The van der Waals surface area contributed by atoms with Crippen LogP contribution in [0.15, 0.2) is 0 Å². The first-order chi connectivity index (χ1) is 15.5. The fraction of sp³-hybridized carbons (Fsp3) is 0.700. The van der Waals surface area contributed by atoms with Crippen LogP contribution in [0, 0.1) is 5.92 Å². The van der Waals surface area contributed by atoms with Gasteiger partial charge in [-0.05, 0) is 31.7 Å². The Morgan fingerprint density at radius 2 is 1.67 bits per heavy atom. The van der Waals surface area contributed by atoms with Gasteiger partial charge in [-0.1, -0.05) is 20.3 Å². The molecule has 13 heteroatoms. The van der Waals surface area contributed by atoms with E-state index in [1.54, 1.807) is 13.8 Å². The van der Waals surface area contributed by atoms with Crippen LogP contribution in [0.3, 0.4) is 0 Å². The molecule has 13 nitrogen and oxygen atoms in total. The monoisotopic (exact) mass is 471 g/mol. The molecule has 33 heavy (non-hydrogen) atoms. The number of amides is 4. The van der Waals surface area contributed by atoms with Crippen molar-refractivity contribution in [2.75, 3.05) is 6.54 Å². The summed E-state index contributed by atoms with van der Waals surface area (Å²) in [6.45, 7) is 3.98. The van der Waals surface area contributed by atoms with E-state index in [9.17, 15) is 33.9 Å². The number of nitrogens with two attached hydrogens (primary N) is 1. The van der Waals surface area contributed by atoms with E-state index in [-0.39, 0.29) is 12.8 Å². The van der Waals surface area contributed by atoms with Crippen LogP contribution >= 0.6 is 0 Å². The van der Waals surface area contributed by atoms with Gasteiger partial charge in [0.05, 0.1) is 12.5 Å². The van der Waals surface area contributed by atoms with Crippen molar-refractivity contribution in [1.29, 1.82) is 0 Å². The summed E-state index contributed by atoms with van der Waals surface area (Å²) in [6, 6.07) is -4.65. The van der Waals surface area contributed by atoms with Crippen molar-refractivity contribution in [3.8, 4) is 0 Å². The van der Waals surface area contributed by atoms with Gasteiger partial charge in [-0.25, -0.2) is 4.79 Å². The SMILES string of the molecule is CCC(C)C(NC(=O)C(CC(=O)O)NC(=O)C(CCC(N)=O)NC(=O)C1CCCN1)C(=O)O. The van der Waals surface area contributed by atoms with Crippen LogP contribution < -0.4 is 27.0 Å². The first-order valence-corrected chi connectivity index (χ1v) is 10.8. The minimum atomic E-state index is -1.60. The number of carbonyl (C=O) groups is 6. The second-order valence-corrected chi connectivity index (χ2v) is 8.08. The Morgan fingerprint density at radius 1 is 1.03 bits per heavy atom. The standard InChI is InChI=1S/C20H33N5O8/c1-3-10(2)16(20(32)33)25-19(31)13(9-15(27)28)24-18(30)12(6-7-14(21)26)23-17(29)11-5-4-8-22-11/h10-13,16,22H,3-9H2,1-2H3,(H2,21,26)(H,23,29)(H,24,30)(H,25,31)(H,27,28)(H,32,33). The minimum absolute atomic E-state index is 0.161. The van der Waals surface area contributed by atoms with Crippen LogP contribution in [0.4, 0.5) is 0 Å². The maximum Gasteiger partial charge on any atom is 0.326 e. The van der Waals surface area contributed by atoms with Crippen molar-refractivity contribution in [1.82, 2.24) is 21.3 Å². The number of hydrogen-bond donors (Lipinski definition) is 7. The number of carbonyl (C=O) groups excluding carboxylic acids is 4. The fourth-order valence-electron chi connectivity index (χ4n) is 3.33. The Labute approximate surface area is 191 Å². The molecule has 186 valence electrons. The highest BCUT2D eigenvalue weighted by Gasteiger charge is 2.33. The molecule has 0 aromatic heterocycles. The number of rotatable bonds is 14. The number of aliphatic carboxylic acids is 2. The lowest BCUT2D eigenvalue weighted by atomic mass is 9.98. The smallest absolute Gasteiger partial charge is 0.326 e. The van der Waals surface area contributed by atoms with Gasteiger partial charge in [-0.3, -0.25) is 24.0 Å². The molecular formula is C20H33N5O8. The molecule has 0 aliphatic carbocycles. The minimum Gasteiger partial charge on any atom is -0.481 e. The highest BCUT2D eigenvalue weighted by atomic mass is 16.4. The first kappa shape index (κ1) is 27.8. The first-order valence-electron chi connectivity index (χ1n) is 10.8. The molecule has 0 spiro atoms. The normalized spacial score (nSPS) is 18.9. The second kappa shape index (κ2) is 13.4. The summed E-state index contributed by atoms with van der Waals surface area (Å²) in [7, 11) is 0. The predicted octanol–water partition coefficient (Wildman–Crippen LogP) is -1.94. The molecule has 5 atom stereocenters. The average Bonchev–Trinajstić information content (AvgIpc) is 3.27. The summed E-state index contributed by atoms with van der Waals surface area (Å²) in [5.74, 6) is -6.21. The number of nitrogens with one attached hydrogen (secondary N) is 4. The number of carboxylic acid groups (broad SMARTS) is 2. The summed E-state index contributed by atoms with van der Waals surface area (Å²) >= 11 is 0. The molecule has 0 saturated carbocycles. The molecule has 1 aliphatic rings. The molecule has 1 saturated heterocycles. The average molecular weight is 472 g/mol. The molecule has 4 amide bonds. The van der Waals surface area contributed by atoms with Gasteiger partial charge in [-0.15, -0.1) is 0 Å². The van der Waals surface area contributed by atoms with E-state index in [2.05, 4.69) is 21.3 Å². The van der Waals surface area contributed by atoms with Crippen LogP contribution in [-0.4, -0.2) is 76.5 Å². The molecule has 1 aliphatic heterocycles. The Balaban J connectivity index is 2.97. The van der Waals surface area contributed by atoms with E-state index < -0.39 is 72.1 Å². The van der Waals surface area contributed by atoms with Gasteiger partial charge in [0, 0.05) is 6.42 Å². The van der Waals surface area contributed by atoms with Crippen LogP contribution in [0.1, 0.15) is 52.4 Å². The summed E-state index contributed by atoms with van der Waals surface area (Å²) in [6.07, 6.45) is 0.561. The topological polar surface area (TPSA) is 217 Å². The highest BCUT2D eigenvalue weighted by molar-refractivity contribution is 5.95. The second-order valence-electron chi connectivity index (χ2n) is 8.08. The quantitative estimate of drug-likeness (QED) is 0.150. The van der Waals surface area contributed by atoms with Crippen molar-refractivity contribution >= 4 is 35.6 Å². The lowest BCUT2D eigenvalue weighted by molar-refractivity contribution is -0.144. The molecule has 1 rings (SSSR count). The van der Waals surface area contributed by atoms with E-state index in [0.717, 1.165) is 6.42 Å². The van der Waals surface area contributed by atoms with Crippen molar-refractivity contribution in [2.45, 2.75) is 76.5 Å². The Bertz CT molecular complexity index is 753. The van der Waals surface area contributed by atoms with Crippen molar-refractivity contribution < 1.29 is 39.0 Å². The third-order valence-corrected chi connectivity index (χ3v) is 5.48. The van der Waals surface area contributed by atoms with Crippen LogP contribution in [0.5, 0.6) is 0 Å². The zero-order valence-corrected chi connectivity index (χ0v) is 18.8. The number of carboxylic acids is 2. The maximum atomic E-state index is 12.8. The van der Waals surface area contributed by atoms with Gasteiger partial charge in [0.15, 0.2) is 0 Å². The highest BCUT2D eigenvalue weighted by Crippen LogP contribution is 2.10. The van der Waals surface area contributed by atoms with E-state index in [0.29, 0.717) is 19.4 Å². The van der Waals surface area contributed by atoms with E-state index in [1.165, 1.54) is 0 Å². The van der Waals surface area contributed by atoms with Crippen molar-refractivity contribution in [3.63, 3.8) is 0 Å². The molecule has 0 radical (unpaired) electrons. The van der Waals surface area contributed by atoms with Gasteiger partial charge >= 0.3 is 11.9 Å². The molecule has 1 fully saturated rings. The van der Waals surface area contributed by atoms with Gasteiger partial charge < -0.3 is 37.2 Å². The maximum absolute atomic E-state index is 12.8. The zero-order valence-electron chi connectivity index (χ0n) is 18.8. The van der Waals surface area contributed by atoms with Crippen LogP contribution in [0.2, 0.25) is 0 Å². The van der Waals surface area contributed by atoms with Gasteiger partial charge in [-0.2, -0.15) is 0 Å². The lowest BCUT2D eigenvalue weighted by Gasteiger charge is -2.26. The van der Waals surface area contributed by atoms with Crippen LogP contribution in [0.25, 0.3) is 0 Å². The molecular weight excluding hydrogens is 438 g/mol. The zero-order chi connectivity index (χ0) is 25.1. The summed E-state index contributed by atoms with van der Waals surface area (Å²) < 4.78 is 0. The summed E-state index contributed by atoms with van der Waals surface area (Å²) in [5, 5.41) is 28.5. The summed E-state index contributed by atoms with van der Waals surface area (Å²) in [4.78, 5) is 71.8. The molecule has 1 heterocycles. The van der Waals surface area contributed by atoms with E-state index in [4.69, 9.17) is 10.8 Å². The van der Waals surface area contributed by atoms with Gasteiger partial charge in [0.2, 0.25) is 23.6 Å². The molecule has 5 unspecified atom stereocenters. The Hall–Kier alpha value is -3.22. The van der Waals surface area contributed by atoms with Gasteiger partial charge in [0.25, 0.3) is 0 Å². The fourth-order valence-corrected chi connectivity index (χ4v) is 3.33. The largest absolute Gasteiger partial charge is 0.481 e. The third kappa shape index (κ3) is 9.43. The third-order valence-electron chi connectivity index (χ3n) is 5.48. The Morgan fingerprint density at radius 3 is 2.15 bits per heavy atom. The van der Waals surface area contributed by atoms with Crippen molar-refractivity contribution in [2.24, 2.45) is 11.7 Å². The number of primary amides is 1. The molecule has 8 N–H and O–H groups in total. The van der Waals surface area contributed by atoms with Crippen LogP contribution in [-0.2, 0) is 28.8 Å². The van der Waals surface area contributed by atoms with Gasteiger partial charge in [0.1, 0.15) is 18.1 Å². The van der Waals surface area contributed by atoms with E-state index >= 15 is 0 Å². The van der Waals surface area contributed by atoms with Crippen molar-refractivity contribution in [3.05, 3.63) is 0 Å². The summed E-state index contributed by atoms with van der Waals surface area (Å²) in [5.41, 5.74) is 5.14. The van der Waals surface area contributed by atoms with E-state index in [1.807, 2.05) is 0 Å². The predicted molar refractivity (Wildman–Crippen MR) is 115 cm³/mol. The molecule has 0 bridgehead atoms. The molecule has 0 aromatic rings. The number of hydrogen-bond acceptors (Lipinski definition) is 7. The Kier molecular flexibility index (Phi) is 11.3. The molecule has 0 aromatic carbocycles.